The van der Waals surface area contributed by atoms with E-state index in [9.17, 15) is 18.0 Å². The Hall–Kier alpha value is -2.29. The van der Waals surface area contributed by atoms with Gasteiger partial charge in [-0.05, 0) is 105 Å². The van der Waals surface area contributed by atoms with Crippen LogP contribution in [0.2, 0.25) is 10.0 Å². The second-order valence-electron chi connectivity index (χ2n) is 12.6. The molecule has 0 saturated heterocycles. The Kier molecular flexibility index (Phi) is 9.17. The van der Waals surface area contributed by atoms with Crippen LogP contribution in [0.1, 0.15) is 69.9 Å². The van der Waals surface area contributed by atoms with Crippen molar-refractivity contribution in [1.29, 1.82) is 0 Å². The minimum Gasteiger partial charge on any atom is -0.355 e. The largest absolute Gasteiger partial charge is 0.355 e. The average molecular weight is 635 g/mol. The fourth-order valence-electron chi connectivity index (χ4n) is 8.12. The molecule has 228 valence electrons. The molecule has 0 radical (unpaired) electrons. The smallest absolute Gasteiger partial charge is 0.244 e. The zero-order chi connectivity index (χ0) is 30.2. The minimum absolute atomic E-state index is 0.0322. The van der Waals surface area contributed by atoms with Crippen molar-refractivity contribution in [3.8, 4) is 0 Å². The zero-order valence-electron chi connectivity index (χ0n) is 24.6. The van der Waals surface area contributed by atoms with Gasteiger partial charge in [-0.3, -0.25) is 13.9 Å². The van der Waals surface area contributed by atoms with Crippen molar-refractivity contribution < 1.29 is 18.0 Å². The first-order valence-electron chi connectivity index (χ1n) is 15.0. The molecule has 2 aromatic carbocycles. The third-order valence-corrected chi connectivity index (χ3v) is 11.5. The fraction of sp³-hybridized carbons (Fsp3) is 0.562. The highest BCUT2D eigenvalue weighted by Crippen LogP contribution is 2.60. The number of sulfonamides is 1. The van der Waals surface area contributed by atoms with Gasteiger partial charge < -0.3 is 10.2 Å². The first-order chi connectivity index (χ1) is 19.9. The van der Waals surface area contributed by atoms with E-state index in [4.69, 9.17) is 23.2 Å². The van der Waals surface area contributed by atoms with Crippen LogP contribution in [0.15, 0.2) is 42.5 Å². The van der Waals surface area contributed by atoms with E-state index in [1.165, 1.54) is 49.0 Å². The van der Waals surface area contributed by atoms with Crippen LogP contribution in [0.3, 0.4) is 0 Å². The molecular formula is C32H41Cl2N3O4S. The van der Waals surface area contributed by atoms with Crippen LogP contribution in [-0.2, 0) is 31.6 Å². The quantitative estimate of drug-likeness (QED) is 0.321. The molecule has 0 aromatic heterocycles. The van der Waals surface area contributed by atoms with Crippen LogP contribution < -0.4 is 9.62 Å². The van der Waals surface area contributed by atoms with Gasteiger partial charge in [-0.25, -0.2) is 8.42 Å². The normalized spacial score (nSPS) is 25.2. The molecule has 1 atom stereocenters. The number of likely N-dealkylation sites (N-methyl/N-ethyl adjacent to an activating group) is 1. The van der Waals surface area contributed by atoms with Gasteiger partial charge in [-0.1, -0.05) is 48.3 Å². The van der Waals surface area contributed by atoms with Gasteiger partial charge in [0.15, 0.2) is 0 Å². The van der Waals surface area contributed by atoms with Crippen molar-refractivity contribution in [3.05, 3.63) is 63.6 Å². The lowest BCUT2D eigenvalue weighted by Gasteiger charge is -2.57. The highest BCUT2D eigenvalue weighted by Gasteiger charge is 2.51. The standard InChI is InChI=1S/C32H41Cl2N3O4S/c1-4-29(31(39)35-5-2)36(19-26-27(33)7-6-8-28(26)34)30(38)20-37(42(3,40)41)25-11-9-24(10-12-25)32-16-21-13-22(17-32)15-23(14-21)18-32/h6-12,21-23,29H,4-5,13-20H2,1-3H3,(H,35,39). The molecule has 2 amide bonds. The highest BCUT2D eigenvalue weighted by atomic mass is 35.5. The summed E-state index contributed by atoms with van der Waals surface area (Å²) >= 11 is 12.9. The third-order valence-electron chi connectivity index (χ3n) is 9.61. The first-order valence-corrected chi connectivity index (χ1v) is 17.6. The number of halogens is 2. The lowest BCUT2D eigenvalue weighted by atomic mass is 9.48. The highest BCUT2D eigenvalue weighted by molar-refractivity contribution is 7.92. The number of nitrogens with zero attached hydrogens (tertiary/aromatic N) is 2. The predicted molar refractivity (Wildman–Crippen MR) is 168 cm³/mol. The Morgan fingerprint density at radius 3 is 1.98 bits per heavy atom. The molecule has 4 saturated carbocycles. The lowest BCUT2D eigenvalue weighted by Crippen LogP contribution is -2.52. The number of anilines is 1. The molecule has 2 aromatic rings. The van der Waals surface area contributed by atoms with Crippen LogP contribution in [-0.4, -0.2) is 50.5 Å². The summed E-state index contributed by atoms with van der Waals surface area (Å²) in [6.45, 7) is 3.53. The molecule has 4 bridgehead atoms. The zero-order valence-corrected chi connectivity index (χ0v) is 26.9. The monoisotopic (exact) mass is 633 g/mol. The number of hydrogen-bond donors (Lipinski definition) is 1. The summed E-state index contributed by atoms with van der Waals surface area (Å²) in [6, 6.07) is 12.0. The summed E-state index contributed by atoms with van der Waals surface area (Å²) in [5.74, 6) is 1.57. The van der Waals surface area contributed by atoms with Crippen LogP contribution in [0, 0.1) is 17.8 Å². The molecule has 0 heterocycles. The second kappa shape index (κ2) is 12.4. The molecule has 7 nitrogen and oxygen atoms in total. The van der Waals surface area contributed by atoms with E-state index in [0.29, 0.717) is 34.3 Å². The van der Waals surface area contributed by atoms with E-state index in [2.05, 4.69) is 17.4 Å². The van der Waals surface area contributed by atoms with Crippen molar-refractivity contribution in [2.75, 3.05) is 23.7 Å². The Balaban J connectivity index is 1.42. The van der Waals surface area contributed by atoms with Gasteiger partial charge in [0.25, 0.3) is 0 Å². The molecule has 10 heteroatoms. The van der Waals surface area contributed by atoms with Crippen LogP contribution in [0.25, 0.3) is 0 Å². The number of hydrogen-bond acceptors (Lipinski definition) is 4. The number of amides is 2. The van der Waals surface area contributed by atoms with E-state index in [-0.39, 0.29) is 17.9 Å². The van der Waals surface area contributed by atoms with Crippen LogP contribution in [0.5, 0.6) is 0 Å². The minimum atomic E-state index is -3.82. The maximum atomic E-state index is 14.0. The Morgan fingerprint density at radius 2 is 1.50 bits per heavy atom. The molecule has 42 heavy (non-hydrogen) atoms. The van der Waals surface area contributed by atoms with Crippen molar-refractivity contribution >= 4 is 50.7 Å². The number of carbonyl (C=O) groups is 2. The summed E-state index contributed by atoms with van der Waals surface area (Å²) < 4.78 is 27.3. The second-order valence-corrected chi connectivity index (χ2v) is 15.3. The Bertz CT molecular complexity index is 1370. The third kappa shape index (κ3) is 6.31. The fourth-order valence-corrected chi connectivity index (χ4v) is 9.49. The number of carbonyl (C=O) groups excluding carboxylic acids is 2. The number of rotatable bonds is 11. The maximum Gasteiger partial charge on any atom is 0.244 e. The average Bonchev–Trinajstić information content (AvgIpc) is 2.92. The SMILES string of the molecule is CCNC(=O)C(CC)N(Cc1c(Cl)cccc1Cl)C(=O)CN(c1ccc(C23CC4CC(CC(C4)C2)C3)cc1)S(C)(=O)=O. The molecule has 4 aliphatic rings. The van der Waals surface area contributed by atoms with E-state index >= 15 is 0 Å². The number of benzene rings is 2. The summed E-state index contributed by atoms with van der Waals surface area (Å²) in [7, 11) is -3.82. The van der Waals surface area contributed by atoms with E-state index in [1.807, 2.05) is 19.1 Å². The molecule has 1 unspecified atom stereocenters. The molecule has 4 fully saturated rings. The molecule has 1 N–H and O–H groups in total. The summed E-state index contributed by atoms with van der Waals surface area (Å²) in [5, 5.41) is 3.53. The van der Waals surface area contributed by atoms with Gasteiger partial charge in [0.05, 0.1) is 11.9 Å². The molecule has 0 aliphatic heterocycles. The van der Waals surface area contributed by atoms with E-state index in [1.54, 1.807) is 25.1 Å². The Morgan fingerprint density at radius 1 is 0.952 bits per heavy atom. The van der Waals surface area contributed by atoms with Crippen LogP contribution >= 0.6 is 23.2 Å². The van der Waals surface area contributed by atoms with Crippen LogP contribution in [0.4, 0.5) is 5.69 Å². The maximum absolute atomic E-state index is 14.0. The topological polar surface area (TPSA) is 86.8 Å². The molecule has 6 rings (SSSR count). The van der Waals surface area contributed by atoms with Crippen molar-refractivity contribution in [1.82, 2.24) is 10.2 Å². The lowest BCUT2D eigenvalue weighted by molar-refractivity contribution is -0.140. The van der Waals surface area contributed by atoms with Gasteiger partial charge in [0.2, 0.25) is 21.8 Å². The Labute approximate surface area is 260 Å². The summed E-state index contributed by atoms with van der Waals surface area (Å²) in [5.41, 5.74) is 2.40. The van der Waals surface area contributed by atoms with Gasteiger partial charge in [-0.2, -0.15) is 0 Å². The van der Waals surface area contributed by atoms with E-state index in [0.717, 1.165) is 28.3 Å². The molecular weight excluding hydrogens is 593 g/mol. The molecule has 4 aliphatic carbocycles. The molecule has 0 spiro atoms. The van der Waals surface area contributed by atoms with Crippen molar-refractivity contribution in [2.45, 2.75) is 76.8 Å². The van der Waals surface area contributed by atoms with Gasteiger partial charge in [0.1, 0.15) is 12.6 Å². The van der Waals surface area contributed by atoms with Gasteiger partial charge in [-0.15, -0.1) is 0 Å². The van der Waals surface area contributed by atoms with Crippen molar-refractivity contribution in [3.63, 3.8) is 0 Å². The summed E-state index contributed by atoms with van der Waals surface area (Å²) in [6.07, 6.45) is 9.13. The number of nitrogens with one attached hydrogen (secondary N) is 1. The van der Waals surface area contributed by atoms with Gasteiger partial charge >= 0.3 is 0 Å². The van der Waals surface area contributed by atoms with E-state index < -0.39 is 28.5 Å². The summed E-state index contributed by atoms with van der Waals surface area (Å²) in [4.78, 5) is 28.4. The van der Waals surface area contributed by atoms with Gasteiger partial charge in [0, 0.05) is 28.7 Å². The van der Waals surface area contributed by atoms with Crippen molar-refractivity contribution in [2.24, 2.45) is 17.8 Å². The predicted octanol–water partition coefficient (Wildman–Crippen LogP) is 6.17. The first kappa shape index (κ1) is 31.1.